The SMILES string of the molecule is CC/C=C/CCCCCCCC(=O)OC[C@H](CO[C@@H]1O[C@H](CO)[C@H](O)[C@H](O)[C@H]1O)OC(=O)CCCCCCC. The van der Waals surface area contributed by atoms with Crippen molar-refractivity contribution < 1.29 is 49.0 Å². The van der Waals surface area contributed by atoms with Gasteiger partial charge in [0.15, 0.2) is 12.4 Å². The molecule has 10 heteroatoms. The van der Waals surface area contributed by atoms with Crippen molar-refractivity contribution in [1.82, 2.24) is 0 Å². The van der Waals surface area contributed by atoms with Crippen LogP contribution in [0.25, 0.3) is 0 Å². The Morgan fingerprint density at radius 1 is 0.795 bits per heavy atom. The number of aliphatic hydroxyl groups excluding tert-OH is 4. The molecular formula is C29H52O10. The molecule has 1 fully saturated rings. The summed E-state index contributed by atoms with van der Waals surface area (Å²) in [5, 5.41) is 39.5. The van der Waals surface area contributed by atoms with E-state index in [9.17, 15) is 30.0 Å². The Morgan fingerprint density at radius 2 is 1.44 bits per heavy atom. The first-order chi connectivity index (χ1) is 18.8. The lowest BCUT2D eigenvalue weighted by atomic mass is 9.99. The Morgan fingerprint density at radius 3 is 2.10 bits per heavy atom. The van der Waals surface area contributed by atoms with Gasteiger partial charge in [-0.05, 0) is 32.1 Å². The zero-order valence-corrected chi connectivity index (χ0v) is 23.9. The van der Waals surface area contributed by atoms with Crippen LogP contribution in [0.2, 0.25) is 0 Å². The third-order valence-electron chi connectivity index (χ3n) is 6.66. The molecule has 1 aliphatic heterocycles. The zero-order chi connectivity index (χ0) is 28.9. The van der Waals surface area contributed by atoms with E-state index in [1.165, 1.54) is 0 Å². The first kappa shape index (κ1) is 35.5. The molecule has 0 aromatic rings. The van der Waals surface area contributed by atoms with Crippen LogP contribution in [-0.4, -0.2) is 89.0 Å². The van der Waals surface area contributed by atoms with Gasteiger partial charge in [-0.1, -0.05) is 70.9 Å². The maximum Gasteiger partial charge on any atom is 0.306 e. The zero-order valence-electron chi connectivity index (χ0n) is 23.9. The summed E-state index contributed by atoms with van der Waals surface area (Å²) in [5.41, 5.74) is 0. The molecule has 1 saturated heterocycles. The molecule has 0 aliphatic carbocycles. The van der Waals surface area contributed by atoms with Crippen molar-refractivity contribution in [3.8, 4) is 0 Å². The van der Waals surface area contributed by atoms with Crippen LogP contribution in [0.4, 0.5) is 0 Å². The molecule has 0 bridgehead atoms. The van der Waals surface area contributed by atoms with E-state index in [1.54, 1.807) is 0 Å². The van der Waals surface area contributed by atoms with Crippen LogP contribution < -0.4 is 0 Å². The van der Waals surface area contributed by atoms with E-state index >= 15 is 0 Å². The lowest BCUT2D eigenvalue weighted by Gasteiger charge is -2.39. The van der Waals surface area contributed by atoms with Crippen LogP contribution in [0, 0.1) is 0 Å². The van der Waals surface area contributed by atoms with Crippen LogP contribution in [0.5, 0.6) is 0 Å². The third kappa shape index (κ3) is 15.7. The smallest absolute Gasteiger partial charge is 0.306 e. The van der Waals surface area contributed by atoms with Gasteiger partial charge in [0.1, 0.15) is 31.0 Å². The second kappa shape index (κ2) is 22.2. The van der Waals surface area contributed by atoms with E-state index in [4.69, 9.17) is 18.9 Å². The highest BCUT2D eigenvalue weighted by atomic mass is 16.7. The molecule has 0 spiro atoms. The maximum absolute atomic E-state index is 12.4. The molecule has 0 radical (unpaired) electrons. The number of aliphatic hydroxyl groups is 4. The molecule has 39 heavy (non-hydrogen) atoms. The van der Waals surface area contributed by atoms with Crippen molar-refractivity contribution in [2.45, 2.75) is 141 Å². The highest BCUT2D eigenvalue weighted by Crippen LogP contribution is 2.22. The average Bonchev–Trinajstić information content (AvgIpc) is 2.93. The van der Waals surface area contributed by atoms with E-state index in [1.807, 2.05) is 0 Å². The number of carbonyl (C=O) groups excluding carboxylic acids is 2. The molecule has 0 aromatic heterocycles. The highest BCUT2D eigenvalue weighted by Gasteiger charge is 2.44. The van der Waals surface area contributed by atoms with Crippen LogP contribution >= 0.6 is 0 Å². The van der Waals surface area contributed by atoms with Gasteiger partial charge in [0.25, 0.3) is 0 Å². The minimum absolute atomic E-state index is 0.221. The second-order valence-electron chi connectivity index (χ2n) is 10.2. The molecule has 1 rings (SSSR count). The van der Waals surface area contributed by atoms with E-state index in [2.05, 4.69) is 26.0 Å². The maximum atomic E-state index is 12.4. The number of unbranched alkanes of at least 4 members (excludes halogenated alkanes) is 9. The monoisotopic (exact) mass is 560 g/mol. The third-order valence-corrected chi connectivity index (χ3v) is 6.66. The Hall–Kier alpha value is -1.56. The predicted octanol–water partition coefficient (Wildman–Crippen LogP) is 3.32. The van der Waals surface area contributed by atoms with Gasteiger partial charge in [-0.3, -0.25) is 9.59 Å². The lowest BCUT2D eigenvalue weighted by molar-refractivity contribution is -0.305. The Kier molecular flexibility index (Phi) is 20.2. The molecule has 0 aromatic carbocycles. The number of rotatable bonds is 22. The van der Waals surface area contributed by atoms with Crippen molar-refractivity contribution in [2.24, 2.45) is 0 Å². The number of carbonyl (C=O) groups is 2. The highest BCUT2D eigenvalue weighted by molar-refractivity contribution is 5.70. The molecule has 228 valence electrons. The van der Waals surface area contributed by atoms with E-state index in [0.717, 1.165) is 64.2 Å². The van der Waals surface area contributed by atoms with Crippen LogP contribution in [-0.2, 0) is 28.5 Å². The average molecular weight is 561 g/mol. The van der Waals surface area contributed by atoms with E-state index in [0.29, 0.717) is 12.8 Å². The summed E-state index contributed by atoms with van der Waals surface area (Å²) in [4.78, 5) is 24.7. The summed E-state index contributed by atoms with van der Waals surface area (Å²) in [5.74, 6) is -0.840. The fourth-order valence-corrected chi connectivity index (χ4v) is 4.25. The lowest BCUT2D eigenvalue weighted by Crippen LogP contribution is -2.59. The first-order valence-corrected chi connectivity index (χ1v) is 14.8. The number of hydrogen-bond acceptors (Lipinski definition) is 10. The van der Waals surface area contributed by atoms with Crippen molar-refractivity contribution in [3.05, 3.63) is 12.2 Å². The van der Waals surface area contributed by atoms with Gasteiger partial charge in [-0.25, -0.2) is 0 Å². The molecule has 1 aliphatic rings. The molecule has 1 heterocycles. The van der Waals surface area contributed by atoms with Gasteiger partial charge in [0, 0.05) is 12.8 Å². The Bertz CT molecular complexity index is 668. The molecule has 10 nitrogen and oxygen atoms in total. The van der Waals surface area contributed by atoms with Crippen molar-refractivity contribution in [1.29, 1.82) is 0 Å². The van der Waals surface area contributed by atoms with Crippen molar-refractivity contribution in [3.63, 3.8) is 0 Å². The standard InChI is InChI=1S/C29H52O10/c1-3-5-7-9-10-11-12-14-15-17-24(31)36-20-22(38-25(32)18-16-13-8-6-4-2)21-37-29-28(35)27(34)26(33)23(19-30)39-29/h5,7,22-23,26-30,33-35H,3-4,6,8-21H2,1-2H3/b7-5+/t22-,23-,26+,27+,28-,29-/m1/s1. The number of hydrogen-bond donors (Lipinski definition) is 4. The van der Waals surface area contributed by atoms with Gasteiger partial charge >= 0.3 is 11.9 Å². The van der Waals surface area contributed by atoms with Gasteiger partial charge in [0.05, 0.1) is 13.2 Å². The molecule has 0 saturated carbocycles. The summed E-state index contributed by atoms with van der Waals surface area (Å²) < 4.78 is 21.7. The van der Waals surface area contributed by atoms with Crippen LogP contribution in [0.15, 0.2) is 12.2 Å². The van der Waals surface area contributed by atoms with Crippen molar-refractivity contribution >= 4 is 11.9 Å². The minimum Gasteiger partial charge on any atom is -0.462 e. The Balaban J connectivity index is 2.50. The summed E-state index contributed by atoms with van der Waals surface area (Å²) in [6.45, 7) is 3.15. The largest absolute Gasteiger partial charge is 0.462 e. The fraction of sp³-hybridized carbons (Fsp3) is 0.862. The quantitative estimate of drug-likeness (QED) is 0.0881. The van der Waals surface area contributed by atoms with Gasteiger partial charge in [0.2, 0.25) is 0 Å². The second-order valence-corrected chi connectivity index (χ2v) is 10.2. The van der Waals surface area contributed by atoms with Gasteiger partial charge in [-0.15, -0.1) is 0 Å². The van der Waals surface area contributed by atoms with E-state index in [-0.39, 0.29) is 26.1 Å². The molecule has 4 N–H and O–H groups in total. The first-order valence-electron chi connectivity index (χ1n) is 14.8. The molecular weight excluding hydrogens is 508 g/mol. The van der Waals surface area contributed by atoms with E-state index < -0.39 is 55.4 Å². The number of allylic oxidation sites excluding steroid dienone is 2. The van der Waals surface area contributed by atoms with Gasteiger partial charge in [-0.2, -0.15) is 0 Å². The summed E-state index contributed by atoms with van der Waals surface area (Å²) in [6, 6.07) is 0. The van der Waals surface area contributed by atoms with Crippen LogP contribution in [0.1, 0.15) is 104 Å². The van der Waals surface area contributed by atoms with Crippen LogP contribution in [0.3, 0.4) is 0 Å². The molecule has 0 amide bonds. The van der Waals surface area contributed by atoms with Gasteiger partial charge < -0.3 is 39.4 Å². The molecule has 0 unspecified atom stereocenters. The summed E-state index contributed by atoms with van der Waals surface area (Å²) in [6.07, 6.45) is 8.71. The molecule has 6 atom stereocenters. The van der Waals surface area contributed by atoms with Crippen molar-refractivity contribution in [2.75, 3.05) is 19.8 Å². The number of esters is 2. The summed E-state index contributed by atoms with van der Waals surface area (Å²) in [7, 11) is 0. The fourth-order valence-electron chi connectivity index (χ4n) is 4.25. The Labute approximate surface area is 233 Å². The normalized spacial score (nSPS) is 24.1. The minimum atomic E-state index is -1.59. The number of ether oxygens (including phenoxy) is 4. The predicted molar refractivity (Wildman–Crippen MR) is 146 cm³/mol. The topological polar surface area (TPSA) is 152 Å². The summed E-state index contributed by atoms with van der Waals surface area (Å²) >= 11 is 0.